The van der Waals surface area contributed by atoms with Gasteiger partial charge in [0.15, 0.2) is 0 Å². The molecule has 0 aromatic heterocycles. The molecule has 1 aliphatic carbocycles. The SMILES string of the molecule is CN1C(=O)N(C2Cc3ccccc3C2)C(=O)C12CCNCC2. The average molecular weight is 299 g/mol. The summed E-state index contributed by atoms with van der Waals surface area (Å²) in [5.74, 6) is 0.0132. The minimum atomic E-state index is -0.614. The molecular formula is C17H21N3O2. The highest BCUT2D eigenvalue weighted by Gasteiger charge is 2.57. The molecule has 0 unspecified atom stereocenters. The maximum atomic E-state index is 13.1. The number of hydrogen-bond donors (Lipinski definition) is 1. The van der Waals surface area contributed by atoms with Crippen LogP contribution in [0.15, 0.2) is 24.3 Å². The van der Waals surface area contributed by atoms with Crippen LogP contribution in [0, 0.1) is 0 Å². The highest BCUT2D eigenvalue weighted by Crippen LogP contribution is 2.38. The molecule has 3 aliphatic rings. The van der Waals surface area contributed by atoms with Crippen LogP contribution >= 0.6 is 0 Å². The molecule has 1 aromatic carbocycles. The first-order valence-electron chi connectivity index (χ1n) is 8.02. The van der Waals surface area contributed by atoms with Gasteiger partial charge in [0, 0.05) is 13.1 Å². The van der Waals surface area contributed by atoms with E-state index in [0.29, 0.717) is 12.8 Å². The molecule has 22 heavy (non-hydrogen) atoms. The van der Waals surface area contributed by atoms with Gasteiger partial charge < -0.3 is 10.2 Å². The number of fused-ring (bicyclic) bond motifs is 1. The minimum Gasteiger partial charge on any atom is -0.317 e. The predicted octanol–water partition coefficient (Wildman–Crippen LogP) is 1.17. The van der Waals surface area contributed by atoms with Crippen LogP contribution in [0.2, 0.25) is 0 Å². The number of rotatable bonds is 1. The van der Waals surface area contributed by atoms with E-state index in [4.69, 9.17) is 0 Å². The zero-order valence-corrected chi connectivity index (χ0v) is 12.8. The summed E-state index contributed by atoms with van der Waals surface area (Å²) in [5, 5.41) is 3.28. The number of nitrogens with zero attached hydrogens (tertiary/aromatic N) is 2. The maximum Gasteiger partial charge on any atom is 0.327 e. The van der Waals surface area contributed by atoms with Crippen molar-refractivity contribution in [3.8, 4) is 0 Å². The van der Waals surface area contributed by atoms with E-state index in [9.17, 15) is 9.59 Å². The summed E-state index contributed by atoms with van der Waals surface area (Å²) in [4.78, 5) is 29.1. The normalized spacial score (nSPS) is 24.4. The van der Waals surface area contributed by atoms with Gasteiger partial charge in [-0.2, -0.15) is 0 Å². The van der Waals surface area contributed by atoms with Gasteiger partial charge >= 0.3 is 6.03 Å². The second-order valence-electron chi connectivity index (χ2n) is 6.63. The number of piperidine rings is 1. The van der Waals surface area contributed by atoms with E-state index in [1.54, 1.807) is 16.8 Å². The van der Waals surface area contributed by atoms with Crippen molar-refractivity contribution in [1.82, 2.24) is 15.1 Å². The van der Waals surface area contributed by atoms with E-state index in [2.05, 4.69) is 17.4 Å². The average Bonchev–Trinajstić information content (AvgIpc) is 3.04. The fourth-order valence-electron chi connectivity index (χ4n) is 4.23. The van der Waals surface area contributed by atoms with Gasteiger partial charge in [0.2, 0.25) is 0 Å². The number of amides is 3. The molecule has 1 spiro atoms. The molecule has 2 heterocycles. The van der Waals surface area contributed by atoms with Gasteiger partial charge in [-0.1, -0.05) is 24.3 Å². The first-order valence-corrected chi connectivity index (χ1v) is 8.02. The Kier molecular flexibility index (Phi) is 3.01. The monoisotopic (exact) mass is 299 g/mol. The second-order valence-corrected chi connectivity index (χ2v) is 6.63. The second kappa shape index (κ2) is 4.81. The lowest BCUT2D eigenvalue weighted by atomic mass is 9.87. The Morgan fingerprint density at radius 1 is 1.09 bits per heavy atom. The standard InChI is InChI=1S/C17H21N3O2/c1-19-16(22)20(15(21)17(19)6-8-18-9-7-17)14-10-12-4-2-3-5-13(12)11-14/h2-5,14,18H,6-11H2,1H3. The van der Waals surface area contributed by atoms with Crippen molar-refractivity contribution in [2.45, 2.75) is 37.3 Å². The molecule has 5 heteroatoms. The topological polar surface area (TPSA) is 52.7 Å². The van der Waals surface area contributed by atoms with Crippen molar-refractivity contribution >= 4 is 11.9 Å². The van der Waals surface area contributed by atoms with Crippen LogP contribution in [-0.2, 0) is 17.6 Å². The summed E-state index contributed by atoms with van der Waals surface area (Å²) < 4.78 is 0. The van der Waals surface area contributed by atoms with Gasteiger partial charge in [-0.25, -0.2) is 4.79 Å². The molecule has 3 amide bonds. The third kappa shape index (κ3) is 1.75. The third-order valence-corrected chi connectivity index (χ3v) is 5.58. The highest BCUT2D eigenvalue weighted by molar-refractivity contribution is 6.07. The van der Waals surface area contributed by atoms with Gasteiger partial charge in [0.05, 0.1) is 0 Å². The van der Waals surface area contributed by atoms with Crippen molar-refractivity contribution in [3.05, 3.63) is 35.4 Å². The number of imide groups is 1. The molecule has 2 saturated heterocycles. The summed E-state index contributed by atoms with van der Waals surface area (Å²) in [5.41, 5.74) is 1.92. The molecule has 2 fully saturated rings. The third-order valence-electron chi connectivity index (χ3n) is 5.58. The van der Waals surface area contributed by atoms with Crippen molar-refractivity contribution in [2.24, 2.45) is 0 Å². The lowest BCUT2D eigenvalue weighted by Crippen LogP contribution is -2.54. The van der Waals surface area contributed by atoms with Crippen LogP contribution < -0.4 is 5.32 Å². The number of nitrogens with one attached hydrogen (secondary N) is 1. The van der Waals surface area contributed by atoms with Gasteiger partial charge in [-0.05, 0) is 49.9 Å². The molecule has 5 nitrogen and oxygen atoms in total. The lowest BCUT2D eigenvalue weighted by Gasteiger charge is -2.36. The van der Waals surface area contributed by atoms with Crippen molar-refractivity contribution in [1.29, 1.82) is 0 Å². The van der Waals surface area contributed by atoms with Crippen molar-refractivity contribution < 1.29 is 9.59 Å². The van der Waals surface area contributed by atoms with Crippen LogP contribution in [0.1, 0.15) is 24.0 Å². The number of carbonyl (C=O) groups is 2. The van der Waals surface area contributed by atoms with Gasteiger partial charge in [0.1, 0.15) is 5.54 Å². The van der Waals surface area contributed by atoms with Crippen LogP contribution in [0.3, 0.4) is 0 Å². The Morgan fingerprint density at radius 3 is 2.27 bits per heavy atom. The molecule has 0 bridgehead atoms. The van der Waals surface area contributed by atoms with Crippen LogP contribution in [0.25, 0.3) is 0 Å². The van der Waals surface area contributed by atoms with E-state index in [1.165, 1.54) is 11.1 Å². The van der Waals surface area contributed by atoms with Gasteiger partial charge in [0.25, 0.3) is 5.91 Å². The largest absolute Gasteiger partial charge is 0.327 e. The van der Waals surface area contributed by atoms with Crippen LogP contribution in [0.5, 0.6) is 0 Å². The predicted molar refractivity (Wildman–Crippen MR) is 82.5 cm³/mol. The van der Waals surface area contributed by atoms with E-state index < -0.39 is 5.54 Å². The Bertz CT molecular complexity index is 612. The molecule has 1 N–H and O–H groups in total. The lowest BCUT2D eigenvalue weighted by molar-refractivity contribution is -0.135. The molecule has 0 atom stereocenters. The summed E-state index contributed by atoms with van der Waals surface area (Å²) in [6.07, 6.45) is 3.00. The highest BCUT2D eigenvalue weighted by atomic mass is 16.2. The number of hydrogen-bond acceptors (Lipinski definition) is 3. The van der Waals surface area contributed by atoms with Gasteiger partial charge in [-0.15, -0.1) is 0 Å². The molecule has 0 saturated carbocycles. The van der Waals surface area contributed by atoms with Crippen molar-refractivity contribution in [3.63, 3.8) is 0 Å². The van der Waals surface area contributed by atoms with Crippen molar-refractivity contribution in [2.75, 3.05) is 20.1 Å². The summed E-state index contributed by atoms with van der Waals surface area (Å²) in [6.45, 7) is 1.59. The van der Waals surface area contributed by atoms with E-state index in [-0.39, 0.29) is 18.0 Å². The van der Waals surface area contributed by atoms with Crippen LogP contribution in [0.4, 0.5) is 4.79 Å². The Balaban J connectivity index is 1.64. The number of urea groups is 1. The zero-order valence-electron chi connectivity index (χ0n) is 12.8. The Hall–Kier alpha value is -1.88. The number of benzene rings is 1. The molecule has 0 radical (unpaired) electrons. The minimum absolute atomic E-state index is 0.0132. The number of carbonyl (C=O) groups excluding carboxylic acids is 2. The summed E-state index contributed by atoms with van der Waals surface area (Å²) in [7, 11) is 1.79. The fourth-order valence-corrected chi connectivity index (χ4v) is 4.23. The fraction of sp³-hybridized carbons (Fsp3) is 0.529. The maximum absolute atomic E-state index is 13.1. The number of likely N-dealkylation sites (N-methyl/N-ethyl adjacent to an activating group) is 1. The van der Waals surface area contributed by atoms with E-state index in [0.717, 1.165) is 25.9 Å². The molecule has 2 aliphatic heterocycles. The Morgan fingerprint density at radius 2 is 1.68 bits per heavy atom. The molecule has 4 rings (SSSR count). The molecule has 1 aromatic rings. The van der Waals surface area contributed by atoms with E-state index >= 15 is 0 Å². The smallest absolute Gasteiger partial charge is 0.317 e. The Labute approximate surface area is 130 Å². The zero-order chi connectivity index (χ0) is 15.3. The van der Waals surface area contributed by atoms with Crippen LogP contribution in [-0.4, -0.2) is 53.5 Å². The quantitative estimate of drug-likeness (QED) is 0.792. The van der Waals surface area contributed by atoms with Gasteiger partial charge in [-0.3, -0.25) is 9.69 Å². The first-order chi connectivity index (χ1) is 10.6. The molecule has 116 valence electrons. The first kappa shape index (κ1) is 13.8. The summed E-state index contributed by atoms with van der Waals surface area (Å²) in [6, 6.07) is 8.11. The van der Waals surface area contributed by atoms with E-state index in [1.807, 2.05) is 12.1 Å². The molecular weight excluding hydrogens is 278 g/mol. The summed E-state index contributed by atoms with van der Waals surface area (Å²) >= 11 is 0.